The van der Waals surface area contributed by atoms with Gasteiger partial charge in [-0.25, -0.2) is 0 Å². The van der Waals surface area contributed by atoms with E-state index in [2.05, 4.69) is 165 Å². The van der Waals surface area contributed by atoms with Gasteiger partial charge in [0.15, 0.2) is 0 Å². The van der Waals surface area contributed by atoms with Crippen LogP contribution in [-0.2, 0) is 15.8 Å². The van der Waals surface area contributed by atoms with Crippen molar-refractivity contribution in [3.63, 3.8) is 0 Å². The number of ether oxygens (including phenoxy) is 1. The molecule has 0 aliphatic rings. The minimum atomic E-state index is -2.53. The second kappa shape index (κ2) is 14.6. The van der Waals surface area contributed by atoms with Crippen LogP contribution in [-0.4, -0.2) is 21.0 Å². The first-order chi connectivity index (χ1) is 18.2. The average Bonchev–Trinajstić information content (AvgIpc) is 2.90. The first-order valence-electron chi connectivity index (χ1n) is 13.9. The highest BCUT2D eigenvalue weighted by atomic mass is 127. The van der Waals surface area contributed by atoms with E-state index in [9.17, 15) is 0 Å². The Labute approximate surface area is 246 Å². The third kappa shape index (κ3) is 7.90. The lowest BCUT2D eigenvalue weighted by Gasteiger charge is -2.43. The maximum atomic E-state index is 7.23. The molecule has 0 aliphatic carbocycles. The van der Waals surface area contributed by atoms with Crippen molar-refractivity contribution in [1.29, 1.82) is 0 Å². The molecule has 2 nitrogen and oxygen atoms in total. The van der Waals surface area contributed by atoms with Crippen molar-refractivity contribution >= 4 is 41.3 Å². The lowest BCUT2D eigenvalue weighted by atomic mass is 9.87. The molecular formula is C34H45IO2Si. The molecule has 0 spiro atoms. The lowest BCUT2D eigenvalue weighted by molar-refractivity contribution is -0.0236. The van der Waals surface area contributed by atoms with Crippen LogP contribution in [0.3, 0.4) is 0 Å². The summed E-state index contributed by atoms with van der Waals surface area (Å²) in [6, 6.07) is 32.4. The predicted molar refractivity (Wildman–Crippen MR) is 174 cm³/mol. The summed E-state index contributed by atoms with van der Waals surface area (Å²) in [4.78, 5) is 0. The molecular weight excluding hydrogens is 595 g/mol. The van der Waals surface area contributed by atoms with Crippen molar-refractivity contribution in [3.05, 3.63) is 107 Å². The van der Waals surface area contributed by atoms with E-state index in [1.807, 2.05) is 0 Å². The van der Waals surface area contributed by atoms with Crippen molar-refractivity contribution in [2.75, 3.05) is 6.61 Å². The smallest absolute Gasteiger partial charge is 0.261 e. The number of hydrogen-bond acceptors (Lipinski definition) is 2. The van der Waals surface area contributed by atoms with E-state index in [4.69, 9.17) is 9.16 Å². The minimum Gasteiger partial charge on any atom is -0.407 e. The summed E-state index contributed by atoms with van der Waals surface area (Å²) in [5, 5.41) is 2.66. The Morgan fingerprint density at radius 2 is 1.29 bits per heavy atom. The summed E-state index contributed by atoms with van der Waals surface area (Å²) in [5.74, 6) is 1.15. The quantitative estimate of drug-likeness (QED) is 0.138. The van der Waals surface area contributed by atoms with Gasteiger partial charge >= 0.3 is 0 Å². The van der Waals surface area contributed by atoms with Crippen molar-refractivity contribution in [3.8, 4) is 0 Å². The molecule has 0 bridgehead atoms. The molecule has 38 heavy (non-hydrogen) atoms. The van der Waals surface area contributed by atoms with Gasteiger partial charge in [-0.15, -0.1) is 0 Å². The first-order valence-corrected chi connectivity index (χ1v) is 17.0. The van der Waals surface area contributed by atoms with Crippen molar-refractivity contribution < 1.29 is 9.16 Å². The second-order valence-corrected chi connectivity index (χ2v) is 16.8. The summed E-state index contributed by atoms with van der Waals surface area (Å²) >= 11 is 2.31. The van der Waals surface area contributed by atoms with E-state index in [1.54, 1.807) is 0 Å². The molecule has 4 heteroatoms. The fourth-order valence-electron chi connectivity index (χ4n) is 5.69. The Kier molecular flexibility index (Phi) is 11.8. The Morgan fingerprint density at radius 3 is 1.76 bits per heavy atom. The SMILES string of the molecule is C[C@@H](CO[Si](c1ccccc1)(c1ccccc1)C(C)(C)C)C[C@H](C)[C@@H](OCc1ccccc1)[C@@H](C)/C=C\I. The normalized spacial score (nSPS) is 15.8. The molecule has 0 N–H and O–H groups in total. The van der Waals surface area contributed by atoms with Crippen LogP contribution in [0.5, 0.6) is 0 Å². The Balaban J connectivity index is 1.79. The maximum absolute atomic E-state index is 7.23. The van der Waals surface area contributed by atoms with Crippen molar-refractivity contribution in [2.45, 2.75) is 65.7 Å². The van der Waals surface area contributed by atoms with Crippen LogP contribution in [0, 0.1) is 17.8 Å². The van der Waals surface area contributed by atoms with Crippen molar-refractivity contribution in [2.24, 2.45) is 17.8 Å². The maximum Gasteiger partial charge on any atom is 0.261 e. The van der Waals surface area contributed by atoms with Gasteiger partial charge in [0.25, 0.3) is 8.32 Å². The van der Waals surface area contributed by atoms with Gasteiger partial charge < -0.3 is 9.16 Å². The topological polar surface area (TPSA) is 18.5 Å². The predicted octanol–water partition coefficient (Wildman–Crippen LogP) is 8.40. The van der Waals surface area contributed by atoms with Gasteiger partial charge in [-0.3, -0.25) is 0 Å². The zero-order valence-corrected chi connectivity index (χ0v) is 27.1. The summed E-state index contributed by atoms with van der Waals surface area (Å²) in [6.45, 7) is 15.4. The van der Waals surface area contributed by atoms with Crippen LogP contribution in [0.15, 0.2) is 101 Å². The third-order valence-electron chi connectivity index (χ3n) is 7.52. The molecule has 0 radical (unpaired) electrons. The molecule has 204 valence electrons. The van der Waals surface area contributed by atoms with E-state index >= 15 is 0 Å². The number of benzene rings is 3. The van der Waals surface area contributed by atoms with Crippen LogP contribution < -0.4 is 10.4 Å². The highest BCUT2D eigenvalue weighted by molar-refractivity contribution is 14.1. The van der Waals surface area contributed by atoms with Crippen LogP contribution in [0.1, 0.15) is 53.5 Å². The molecule has 3 aromatic carbocycles. The molecule has 0 aliphatic heterocycles. The van der Waals surface area contributed by atoms with Crippen molar-refractivity contribution in [1.82, 2.24) is 0 Å². The van der Waals surface area contributed by atoms with Crippen LogP contribution in [0.2, 0.25) is 5.04 Å². The van der Waals surface area contributed by atoms with Crippen LogP contribution in [0.4, 0.5) is 0 Å². The third-order valence-corrected chi connectivity index (χ3v) is 12.9. The molecule has 3 aromatic rings. The fourth-order valence-corrected chi connectivity index (χ4v) is 11.0. The van der Waals surface area contributed by atoms with Gasteiger partial charge in [0.2, 0.25) is 0 Å². The van der Waals surface area contributed by atoms with Crippen LogP contribution >= 0.6 is 22.6 Å². The van der Waals surface area contributed by atoms with E-state index in [0.717, 1.165) is 13.0 Å². The van der Waals surface area contributed by atoms with Gasteiger partial charge in [-0.1, -0.05) is 161 Å². The van der Waals surface area contributed by atoms with Gasteiger partial charge in [-0.05, 0) is 43.3 Å². The Bertz CT molecular complexity index is 1060. The second-order valence-electron chi connectivity index (χ2n) is 11.7. The number of rotatable bonds is 13. The zero-order chi connectivity index (χ0) is 27.6. The Hall–Kier alpha value is -1.73. The van der Waals surface area contributed by atoms with E-state index in [-0.39, 0.29) is 11.1 Å². The molecule has 3 rings (SSSR count). The largest absolute Gasteiger partial charge is 0.407 e. The monoisotopic (exact) mass is 640 g/mol. The highest BCUT2D eigenvalue weighted by Gasteiger charge is 2.50. The summed E-state index contributed by atoms with van der Waals surface area (Å²) in [7, 11) is -2.53. The number of hydrogen-bond donors (Lipinski definition) is 0. The molecule has 0 unspecified atom stereocenters. The highest BCUT2D eigenvalue weighted by Crippen LogP contribution is 2.37. The molecule has 0 saturated carbocycles. The summed E-state index contributed by atoms with van der Waals surface area (Å²) in [6.07, 6.45) is 3.46. The molecule has 0 fully saturated rings. The Morgan fingerprint density at radius 1 is 0.789 bits per heavy atom. The van der Waals surface area contributed by atoms with Gasteiger partial charge in [0.1, 0.15) is 0 Å². The van der Waals surface area contributed by atoms with E-state index in [1.165, 1.54) is 15.9 Å². The first kappa shape index (κ1) is 30.8. The summed E-state index contributed by atoms with van der Waals surface area (Å²) < 4.78 is 15.9. The van der Waals surface area contributed by atoms with Gasteiger partial charge in [-0.2, -0.15) is 0 Å². The molecule has 0 amide bonds. The molecule has 0 heterocycles. The molecule has 0 aromatic heterocycles. The van der Waals surface area contributed by atoms with E-state index in [0.29, 0.717) is 24.4 Å². The van der Waals surface area contributed by atoms with Gasteiger partial charge in [0.05, 0.1) is 12.7 Å². The standard InChI is InChI=1S/C34H45IO2Si/c1-27(24-29(3)33(28(2)22-23-35)36-26-30-16-10-7-11-17-30)25-37-38(34(4,5)6,31-18-12-8-13-19-31)32-20-14-9-15-21-32/h7-23,27-29,33H,24-26H2,1-6H3/b23-22-/t27-,28+,29+,33+/m1/s1. The molecule has 4 atom stereocenters. The average molecular weight is 641 g/mol. The molecule has 0 saturated heterocycles. The van der Waals surface area contributed by atoms with Crippen LogP contribution in [0.25, 0.3) is 0 Å². The minimum absolute atomic E-state index is 0.0119. The number of halogens is 1. The summed E-state index contributed by atoms with van der Waals surface area (Å²) in [5.41, 5.74) is 1.22. The zero-order valence-electron chi connectivity index (χ0n) is 23.9. The van der Waals surface area contributed by atoms with E-state index < -0.39 is 8.32 Å². The van der Waals surface area contributed by atoms with Gasteiger partial charge in [0, 0.05) is 12.5 Å². The fraction of sp³-hybridized carbons (Fsp3) is 0.412. The lowest BCUT2D eigenvalue weighted by Crippen LogP contribution is -2.66.